The Morgan fingerprint density at radius 3 is 2.19 bits per heavy atom. The Hall–Kier alpha value is -6.11. The Balaban J connectivity index is 1.20. The smallest absolute Gasteiger partial charge is 0.422 e. The molecule has 1 atom stereocenters. The molecular formula is C33H28ClF5N8O6. The van der Waals surface area contributed by atoms with Crippen LogP contribution in [0.15, 0.2) is 66.7 Å². The highest BCUT2D eigenvalue weighted by atomic mass is 35.5. The number of benzene rings is 3. The van der Waals surface area contributed by atoms with Crippen LogP contribution in [0.1, 0.15) is 34.3 Å². The van der Waals surface area contributed by atoms with E-state index in [1.165, 1.54) is 24.3 Å². The summed E-state index contributed by atoms with van der Waals surface area (Å²) in [6.45, 7) is -2.90. The number of amides is 3. The molecule has 0 unspecified atom stereocenters. The second kappa shape index (κ2) is 16.1. The Morgan fingerprint density at radius 2 is 1.55 bits per heavy atom. The van der Waals surface area contributed by atoms with Gasteiger partial charge in [-0.2, -0.15) is 28.1 Å². The summed E-state index contributed by atoms with van der Waals surface area (Å²) in [6.07, 6.45) is -3.31. The number of hydrogen-bond acceptors (Lipinski definition) is 10. The van der Waals surface area contributed by atoms with Crippen LogP contribution in [0.5, 0.6) is 6.01 Å². The molecule has 5 rings (SSSR count). The molecule has 1 saturated carbocycles. The van der Waals surface area contributed by atoms with Crippen LogP contribution in [-0.4, -0.2) is 69.1 Å². The third-order valence-electron chi connectivity index (χ3n) is 7.60. The van der Waals surface area contributed by atoms with Crippen LogP contribution in [0, 0.1) is 11.6 Å². The maximum Gasteiger partial charge on any atom is 0.422 e. The van der Waals surface area contributed by atoms with Gasteiger partial charge in [-0.15, -0.1) is 0 Å². The van der Waals surface area contributed by atoms with Crippen molar-refractivity contribution >= 4 is 52.9 Å². The number of carbonyl (C=O) groups is 4. The first-order valence-electron chi connectivity index (χ1n) is 15.5. The Morgan fingerprint density at radius 1 is 0.887 bits per heavy atom. The molecule has 3 aromatic carbocycles. The van der Waals surface area contributed by atoms with E-state index in [-0.39, 0.29) is 28.7 Å². The fourth-order valence-electron chi connectivity index (χ4n) is 4.76. The van der Waals surface area contributed by atoms with E-state index in [1.54, 1.807) is 24.3 Å². The first kappa shape index (κ1) is 38.1. The van der Waals surface area contributed by atoms with Gasteiger partial charge in [0.1, 0.15) is 17.7 Å². The van der Waals surface area contributed by atoms with Gasteiger partial charge in [-0.1, -0.05) is 23.7 Å². The minimum atomic E-state index is -4.67. The van der Waals surface area contributed by atoms with E-state index in [0.29, 0.717) is 17.9 Å². The number of nitrogens with one attached hydrogen (secondary N) is 5. The van der Waals surface area contributed by atoms with Gasteiger partial charge in [-0.3, -0.25) is 14.4 Å². The molecule has 6 N–H and O–H groups in total. The molecule has 3 amide bonds. The first-order valence-corrected chi connectivity index (χ1v) is 15.9. The molecular weight excluding hydrogens is 735 g/mol. The van der Waals surface area contributed by atoms with Gasteiger partial charge in [-0.25, -0.2) is 13.6 Å². The van der Waals surface area contributed by atoms with Crippen LogP contribution in [0.25, 0.3) is 0 Å². The third-order valence-corrected chi connectivity index (χ3v) is 7.86. The summed E-state index contributed by atoms with van der Waals surface area (Å²) in [5.74, 6) is -6.84. The van der Waals surface area contributed by atoms with Crippen LogP contribution in [-0.2, 0) is 26.5 Å². The molecule has 1 aliphatic carbocycles. The fraction of sp³-hybridized carbons (Fsp3) is 0.242. The molecule has 0 bridgehead atoms. The van der Waals surface area contributed by atoms with Crippen molar-refractivity contribution in [3.63, 3.8) is 0 Å². The van der Waals surface area contributed by atoms with E-state index in [2.05, 4.69) is 36.2 Å². The average molecular weight is 763 g/mol. The number of halogens is 6. The molecule has 20 heteroatoms. The third kappa shape index (κ3) is 10.7. The Bertz CT molecular complexity index is 2000. The molecule has 0 spiro atoms. The molecule has 53 heavy (non-hydrogen) atoms. The van der Waals surface area contributed by atoms with E-state index < -0.39 is 78.8 Å². The molecule has 1 aliphatic rings. The maximum atomic E-state index is 13.8. The number of anilines is 3. The number of carboxylic acid groups (broad SMARTS) is 1. The highest BCUT2D eigenvalue weighted by molar-refractivity contribution is 6.35. The zero-order valence-corrected chi connectivity index (χ0v) is 27.8. The van der Waals surface area contributed by atoms with Crippen molar-refractivity contribution in [1.29, 1.82) is 0 Å². The van der Waals surface area contributed by atoms with Crippen LogP contribution < -0.4 is 31.3 Å². The van der Waals surface area contributed by atoms with Gasteiger partial charge in [0.25, 0.3) is 5.91 Å². The highest BCUT2D eigenvalue weighted by Crippen LogP contribution is 2.48. The lowest BCUT2D eigenvalue weighted by Crippen LogP contribution is -2.50. The normalized spacial score (nSPS) is 13.6. The maximum absolute atomic E-state index is 13.8. The molecule has 1 aromatic heterocycles. The minimum Gasteiger partial charge on any atom is -0.480 e. The number of aliphatic carboxylic acids is 1. The molecule has 278 valence electrons. The largest absolute Gasteiger partial charge is 0.480 e. The first-order chi connectivity index (χ1) is 25.1. The number of alkyl halides is 3. The van der Waals surface area contributed by atoms with Crippen LogP contribution >= 0.6 is 11.6 Å². The monoisotopic (exact) mass is 762 g/mol. The summed E-state index contributed by atoms with van der Waals surface area (Å²) in [6, 6.07) is 12.6. The minimum absolute atomic E-state index is 0.0335. The fourth-order valence-corrected chi connectivity index (χ4v) is 4.88. The van der Waals surface area contributed by atoms with Gasteiger partial charge in [0.15, 0.2) is 6.61 Å². The molecule has 1 fully saturated rings. The SMILES string of the molecule is O=C(NCc1cc(F)ccc1F)C(=O)NC[C@H](NC(=O)c1ccc(Nc2nc(NC3(c4ccc(Cl)cc4)CC3)nc(OCC(F)(F)F)n2)cc1)C(=O)O. The predicted molar refractivity (Wildman–Crippen MR) is 177 cm³/mol. The summed E-state index contributed by atoms with van der Waals surface area (Å²) in [5, 5.41) is 22.3. The zero-order chi connectivity index (χ0) is 38.3. The van der Waals surface area contributed by atoms with Crippen molar-refractivity contribution in [3.05, 3.63) is 100 Å². The summed E-state index contributed by atoms with van der Waals surface area (Å²) in [7, 11) is 0. The van der Waals surface area contributed by atoms with Crippen molar-refractivity contribution in [2.45, 2.75) is 37.1 Å². The van der Waals surface area contributed by atoms with Gasteiger partial charge in [0.2, 0.25) is 11.9 Å². The van der Waals surface area contributed by atoms with Gasteiger partial charge in [-0.05, 0) is 73.0 Å². The van der Waals surface area contributed by atoms with E-state index in [4.69, 9.17) is 16.3 Å². The number of aromatic nitrogens is 3. The number of carboxylic acids is 1. The van der Waals surface area contributed by atoms with Crippen molar-refractivity contribution < 1.29 is 51.0 Å². The Kier molecular flexibility index (Phi) is 11.6. The van der Waals surface area contributed by atoms with E-state index >= 15 is 0 Å². The summed E-state index contributed by atoms with van der Waals surface area (Å²) in [4.78, 5) is 61.0. The van der Waals surface area contributed by atoms with Crippen molar-refractivity contribution in [3.8, 4) is 6.01 Å². The standard InChI is InChI=1S/C33H28ClF5N8O6/c34-20-5-3-19(4-6-20)32(11-12-32)47-30-44-29(45-31(46-30)53-16-33(37,38)39)42-22-8-1-17(2-9-22)25(48)43-24(28(51)52)15-41-27(50)26(49)40-14-18-13-21(35)7-10-23(18)36/h1-10,13,24H,11-12,14-16H2,(H,40,49)(H,41,50)(H,43,48)(H,51,52)(H2,42,44,45,46,47)/t24-/m0/s1. The zero-order valence-electron chi connectivity index (χ0n) is 27.1. The molecule has 1 heterocycles. The van der Waals surface area contributed by atoms with Crippen molar-refractivity contribution in [1.82, 2.24) is 30.9 Å². The second-order valence-electron chi connectivity index (χ2n) is 11.6. The number of ether oxygens (including phenoxy) is 1. The lowest BCUT2D eigenvalue weighted by molar-refractivity contribution is -0.154. The average Bonchev–Trinajstić information content (AvgIpc) is 3.89. The molecule has 14 nitrogen and oxygen atoms in total. The molecule has 4 aromatic rings. The number of rotatable bonds is 14. The van der Waals surface area contributed by atoms with E-state index in [0.717, 1.165) is 23.8 Å². The second-order valence-corrected chi connectivity index (χ2v) is 12.0. The molecule has 0 saturated heterocycles. The van der Waals surface area contributed by atoms with Crippen LogP contribution in [0.2, 0.25) is 5.02 Å². The number of carbonyl (C=O) groups excluding carboxylic acids is 3. The predicted octanol–water partition coefficient (Wildman–Crippen LogP) is 4.20. The van der Waals surface area contributed by atoms with Crippen LogP contribution in [0.4, 0.5) is 39.5 Å². The summed E-state index contributed by atoms with van der Waals surface area (Å²) >= 11 is 6.00. The Labute approximate surface area is 301 Å². The number of nitrogens with zero attached hydrogens (tertiary/aromatic N) is 3. The van der Waals surface area contributed by atoms with Gasteiger partial charge >= 0.3 is 30.0 Å². The van der Waals surface area contributed by atoms with E-state index in [9.17, 15) is 46.2 Å². The topological polar surface area (TPSA) is 197 Å². The summed E-state index contributed by atoms with van der Waals surface area (Å²) < 4.78 is 70.6. The lowest BCUT2D eigenvalue weighted by Gasteiger charge is -2.19. The van der Waals surface area contributed by atoms with Crippen molar-refractivity contribution in [2.75, 3.05) is 23.8 Å². The molecule has 0 aliphatic heterocycles. The van der Waals surface area contributed by atoms with Gasteiger partial charge in [0.05, 0.1) is 5.54 Å². The quantitative estimate of drug-likeness (QED) is 0.0796. The van der Waals surface area contributed by atoms with Gasteiger partial charge in [0, 0.05) is 34.9 Å². The van der Waals surface area contributed by atoms with Crippen LogP contribution in [0.3, 0.4) is 0 Å². The molecule has 0 radical (unpaired) electrons. The van der Waals surface area contributed by atoms with E-state index in [1.807, 2.05) is 5.32 Å². The lowest BCUT2D eigenvalue weighted by atomic mass is 10.1. The number of hydrogen-bond donors (Lipinski definition) is 6. The van der Waals surface area contributed by atoms with Gasteiger partial charge < -0.3 is 36.4 Å². The van der Waals surface area contributed by atoms with Crippen molar-refractivity contribution in [2.24, 2.45) is 0 Å². The highest BCUT2D eigenvalue weighted by Gasteiger charge is 2.45. The summed E-state index contributed by atoms with van der Waals surface area (Å²) in [5.41, 5.74) is 0.277.